The molecule has 1 aromatic rings. The number of non-ortho nitro benzene ring substituents is 1. The molecule has 0 fully saturated rings. The maximum absolute atomic E-state index is 11.0. The maximum atomic E-state index is 11.0. The fourth-order valence-corrected chi connectivity index (χ4v) is 2.03. The number of nitrogens with one attached hydrogen (secondary N) is 1. The zero-order valence-electron chi connectivity index (χ0n) is 11.9. The molecule has 0 spiro atoms. The topological polar surface area (TPSA) is 98.3 Å². The molecule has 7 nitrogen and oxygen atoms in total. The van der Waals surface area contributed by atoms with Gasteiger partial charge in [0.2, 0.25) is 0 Å². The largest absolute Gasteiger partial charge is 0.307 e. The summed E-state index contributed by atoms with van der Waals surface area (Å²) in [6.45, 7) is 6.42. The number of nitro benzene ring substituents is 2. The molecule has 110 valence electrons. The lowest BCUT2D eigenvalue weighted by Crippen LogP contribution is -2.38. The van der Waals surface area contributed by atoms with Gasteiger partial charge in [-0.15, -0.1) is 0 Å². The van der Waals surface area contributed by atoms with Gasteiger partial charge in [-0.2, -0.15) is 0 Å². The Morgan fingerprint density at radius 1 is 1.20 bits per heavy atom. The second-order valence-corrected chi connectivity index (χ2v) is 5.31. The van der Waals surface area contributed by atoms with Crippen molar-refractivity contribution in [3.05, 3.63) is 44.0 Å². The van der Waals surface area contributed by atoms with Gasteiger partial charge in [0.25, 0.3) is 11.4 Å². The van der Waals surface area contributed by atoms with Gasteiger partial charge < -0.3 is 5.32 Å². The van der Waals surface area contributed by atoms with E-state index >= 15 is 0 Å². The molecule has 0 saturated heterocycles. The van der Waals surface area contributed by atoms with Crippen LogP contribution in [0.3, 0.4) is 0 Å². The molecule has 0 aliphatic heterocycles. The molecular formula is C13H19N3O4. The zero-order valence-corrected chi connectivity index (χ0v) is 11.9. The fourth-order valence-electron chi connectivity index (χ4n) is 2.03. The predicted octanol–water partition coefficient (Wildman–Crippen LogP) is 3.17. The Hall–Kier alpha value is -2.02. The van der Waals surface area contributed by atoms with Crippen molar-refractivity contribution in [2.75, 3.05) is 0 Å². The highest BCUT2D eigenvalue weighted by atomic mass is 16.6. The van der Waals surface area contributed by atoms with E-state index in [9.17, 15) is 20.2 Å². The van der Waals surface area contributed by atoms with E-state index < -0.39 is 9.85 Å². The molecule has 0 heterocycles. The van der Waals surface area contributed by atoms with Crippen molar-refractivity contribution >= 4 is 11.4 Å². The minimum Gasteiger partial charge on any atom is -0.307 e. The first-order valence-corrected chi connectivity index (χ1v) is 6.43. The van der Waals surface area contributed by atoms with E-state index in [0.29, 0.717) is 12.1 Å². The summed E-state index contributed by atoms with van der Waals surface area (Å²) in [5.74, 6) is 0. The molecule has 0 amide bonds. The third-order valence-electron chi connectivity index (χ3n) is 3.11. The molecule has 1 rings (SSSR count). The molecule has 1 N–H and O–H groups in total. The normalized spacial score (nSPS) is 11.3. The lowest BCUT2D eigenvalue weighted by molar-refractivity contribution is -0.394. The van der Waals surface area contributed by atoms with Crippen LogP contribution >= 0.6 is 0 Å². The molecule has 0 atom stereocenters. The minimum absolute atomic E-state index is 0.135. The standard InChI is InChI=1S/C13H19N3O4/c1-4-7-13(2,3)14-9-10-5-6-11(15(17)18)8-12(10)16(19)20/h5-6,8,14H,4,7,9H2,1-3H3. The first-order chi connectivity index (χ1) is 9.26. The van der Waals surface area contributed by atoms with Gasteiger partial charge in [-0.1, -0.05) is 13.3 Å². The lowest BCUT2D eigenvalue weighted by atomic mass is 9.98. The van der Waals surface area contributed by atoms with Crippen LogP contribution in [-0.4, -0.2) is 15.4 Å². The average molecular weight is 281 g/mol. The Morgan fingerprint density at radius 3 is 2.35 bits per heavy atom. The van der Waals surface area contributed by atoms with E-state index in [1.54, 1.807) is 0 Å². The Labute approximate surface area is 117 Å². The average Bonchev–Trinajstić information content (AvgIpc) is 2.36. The van der Waals surface area contributed by atoms with Gasteiger partial charge in [-0.3, -0.25) is 20.2 Å². The van der Waals surface area contributed by atoms with Gasteiger partial charge in [0.1, 0.15) is 0 Å². The van der Waals surface area contributed by atoms with E-state index in [-0.39, 0.29) is 16.9 Å². The smallest absolute Gasteiger partial charge is 0.280 e. The number of rotatable bonds is 7. The highest BCUT2D eigenvalue weighted by molar-refractivity contribution is 5.49. The van der Waals surface area contributed by atoms with Crippen molar-refractivity contribution in [3.63, 3.8) is 0 Å². The van der Waals surface area contributed by atoms with Crippen molar-refractivity contribution in [2.24, 2.45) is 0 Å². The van der Waals surface area contributed by atoms with Gasteiger partial charge in [-0.05, 0) is 26.3 Å². The van der Waals surface area contributed by atoms with E-state index in [2.05, 4.69) is 12.2 Å². The molecule has 0 saturated carbocycles. The van der Waals surface area contributed by atoms with Crippen LogP contribution in [-0.2, 0) is 6.54 Å². The summed E-state index contributed by atoms with van der Waals surface area (Å²) in [5.41, 5.74) is -0.179. The monoisotopic (exact) mass is 281 g/mol. The van der Waals surface area contributed by atoms with Crippen LogP contribution in [0.2, 0.25) is 0 Å². The van der Waals surface area contributed by atoms with Crippen molar-refractivity contribution in [3.8, 4) is 0 Å². The number of nitrogens with zero attached hydrogens (tertiary/aromatic N) is 2. The lowest BCUT2D eigenvalue weighted by Gasteiger charge is -2.25. The summed E-state index contributed by atoms with van der Waals surface area (Å²) < 4.78 is 0. The summed E-state index contributed by atoms with van der Waals surface area (Å²) >= 11 is 0. The second-order valence-electron chi connectivity index (χ2n) is 5.31. The van der Waals surface area contributed by atoms with Crippen LogP contribution in [0.5, 0.6) is 0 Å². The second kappa shape index (κ2) is 6.42. The maximum Gasteiger partial charge on any atom is 0.280 e. The Kier molecular flexibility index (Phi) is 5.15. The third-order valence-corrected chi connectivity index (χ3v) is 3.11. The minimum atomic E-state index is -0.634. The molecule has 0 radical (unpaired) electrons. The molecule has 0 aromatic heterocycles. The summed E-state index contributed by atoms with van der Waals surface area (Å²) in [5, 5.41) is 24.9. The molecular weight excluding hydrogens is 262 g/mol. The van der Waals surface area contributed by atoms with Crippen LogP contribution in [0.1, 0.15) is 39.2 Å². The highest BCUT2D eigenvalue weighted by Gasteiger charge is 2.21. The summed E-state index contributed by atoms with van der Waals surface area (Å²) in [6.07, 6.45) is 1.94. The number of benzene rings is 1. The molecule has 0 aliphatic rings. The van der Waals surface area contributed by atoms with Gasteiger partial charge in [0.15, 0.2) is 0 Å². The van der Waals surface area contributed by atoms with Crippen LogP contribution < -0.4 is 5.32 Å². The summed E-state index contributed by atoms with van der Waals surface area (Å²) in [7, 11) is 0. The molecule has 7 heteroatoms. The Balaban J connectivity index is 2.95. The summed E-state index contributed by atoms with van der Waals surface area (Å²) in [4.78, 5) is 20.4. The van der Waals surface area contributed by atoms with Crippen LogP contribution in [0.15, 0.2) is 18.2 Å². The van der Waals surface area contributed by atoms with E-state index in [0.717, 1.165) is 18.9 Å². The van der Waals surface area contributed by atoms with E-state index in [1.807, 2.05) is 13.8 Å². The van der Waals surface area contributed by atoms with E-state index in [4.69, 9.17) is 0 Å². The number of nitro groups is 2. The van der Waals surface area contributed by atoms with Crippen molar-refractivity contribution < 1.29 is 9.85 Å². The molecule has 0 unspecified atom stereocenters. The molecule has 1 aromatic carbocycles. The fraction of sp³-hybridized carbons (Fsp3) is 0.538. The first kappa shape index (κ1) is 16.0. The van der Waals surface area contributed by atoms with Crippen molar-refractivity contribution in [1.29, 1.82) is 0 Å². The Morgan fingerprint density at radius 2 is 1.85 bits per heavy atom. The van der Waals surface area contributed by atoms with E-state index in [1.165, 1.54) is 12.1 Å². The predicted molar refractivity (Wildman–Crippen MR) is 75.6 cm³/mol. The van der Waals surface area contributed by atoms with Crippen LogP contribution in [0.4, 0.5) is 11.4 Å². The SMILES string of the molecule is CCCC(C)(C)NCc1ccc([N+](=O)[O-])cc1[N+](=O)[O-]. The van der Waals surface area contributed by atoms with Gasteiger partial charge in [0, 0.05) is 23.7 Å². The molecule has 0 aliphatic carbocycles. The van der Waals surface area contributed by atoms with Crippen LogP contribution in [0, 0.1) is 20.2 Å². The van der Waals surface area contributed by atoms with Gasteiger partial charge >= 0.3 is 0 Å². The van der Waals surface area contributed by atoms with Gasteiger partial charge in [-0.25, -0.2) is 0 Å². The summed E-state index contributed by atoms with van der Waals surface area (Å²) in [6, 6.07) is 3.73. The highest BCUT2D eigenvalue weighted by Crippen LogP contribution is 2.25. The quantitative estimate of drug-likeness (QED) is 0.611. The Bertz CT molecular complexity index is 514. The number of hydrogen-bond donors (Lipinski definition) is 1. The van der Waals surface area contributed by atoms with Crippen molar-refractivity contribution in [1.82, 2.24) is 5.32 Å². The van der Waals surface area contributed by atoms with Crippen LogP contribution in [0.25, 0.3) is 0 Å². The zero-order chi connectivity index (χ0) is 15.3. The third kappa shape index (κ3) is 4.27. The molecule has 0 bridgehead atoms. The first-order valence-electron chi connectivity index (χ1n) is 6.43. The number of hydrogen-bond acceptors (Lipinski definition) is 5. The van der Waals surface area contributed by atoms with Crippen molar-refractivity contribution in [2.45, 2.75) is 45.7 Å². The molecule has 20 heavy (non-hydrogen) atoms. The van der Waals surface area contributed by atoms with Gasteiger partial charge in [0.05, 0.1) is 15.9 Å².